The summed E-state index contributed by atoms with van der Waals surface area (Å²) in [6, 6.07) is 1.36. The third-order valence-electron chi connectivity index (χ3n) is 2.35. The van der Waals surface area contributed by atoms with E-state index in [1.807, 2.05) is 14.0 Å². The molecule has 0 fully saturated rings. The molecule has 17 heavy (non-hydrogen) atoms. The largest absolute Gasteiger partial charge is 0.275 e. The minimum Gasteiger partial charge on any atom is -0.275 e. The normalized spacial score (nSPS) is 9.82. The molecule has 2 aromatic heterocycles. The van der Waals surface area contributed by atoms with Gasteiger partial charge in [0.05, 0.1) is 11.8 Å². The van der Waals surface area contributed by atoms with Gasteiger partial charge >= 0.3 is 0 Å². The summed E-state index contributed by atoms with van der Waals surface area (Å²) in [6.45, 7) is 1.89. The van der Waals surface area contributed by atoms with E-state index in [-0.39, 0.29) is 5.82 Å². The Hall–Kier alpha value is -2.15. The molecule has 0 aromatic carbocycles. The lowest BCUT2D eigenvalue weighted by molar-refractivity contribution is 0.608. The molecule has 0 aliphatic heterocycles. The lowest BCUT2D eigenvalue weighted by atomic mass is 10.2. The van der Waals surface area contributed by atoms with E-state index in [0.29, 0.717) is 17.7 Å². The van der Waals surface area contributed by atoms with E-state index in [9.17, 15) is 4.39 Å². The zero-order valence-electron chi connectivity index (χ0n) is 9.74. The molecule has 0 unspecified atom stereocenters. The number of nitrogens with zero attached hydrogens (tertiary/aromatic N) is 3. The monoisotopic (exact) mass is 229 g/mol. The van der Waals surface area contributed by atoms with Crippen LogP contribution in [0.25, 0.3) is 0 Å². The highest BCUT2D eigenvalue weighted by Gasteiger charge is 2.00. The van der Waals surface area contributed by atoms with E-state index < -0.39 is 0 Å². The third kappa shape index (κ3) is 2.70. The molecule has 2 rings (SSSR count). The van der Waals surface area contributed by atoms with Crippen LogP contribution in [0.2, 0.25) is 0 Å². The zero-order chi connectivity index (χ0) is 12.3. The molecule has 0 N–H and O–H groups in total. The van der Waals surface area contributed by atoms with Crippen molar-refractivity contribution in [3.63, 3.8) is 0 Å². The number of pyridine rings is 1. The molecule has 0 saturated carbocycles. The number of hydrogen-bond donors (Lipinski definition) is 0. The molecule has 0 amide bonds. The minimum atomic E-state index is -0.252. The number of aromatic nitrogens is 3. The van der Waals surface area contributed by atoms with E-state index in [1.54, 1.807) is 17.1 Å². The summed E-state index contributed by atoms with van der Waals surface area (Å²) in [4.78, 5) is 4.09. The van der Waals surface area contributed by atoms with Crippen molar-refractivity contribution in [2.45, 2.75) is 13.3 Å². The van der Waals surface area contributed by atoms with Gasteiger partial charge < -0.3 is 0 Å². The summed E-state index contributed by atoms with van der Waals surface area (Å²) in [5, 5.41) is 3.99. The van der Waals surface area contributed by atoms with Gasteiger partial charge in [-0.1, -0.05) is 12.8 Å². The summed E-state index contributed by atoms with van der Waals surface area (Å²) in [5.41, 5.74) is 1.83. The predicted molar refractivity (Wildman–Crippen MR) is 62.8 cm³/mol. The van der Waals surface area contributed by atoms with Crippen LogP contribution in [0.5, 0.6) is 0 Å². The highest BCUT2D eigenvalue weighted by molar-refractivity contribution is 5.38. The second-order valence-electron chi connectivity index (χ2n) is 3.67. The maximum atomic E-state index is 13.5. The Balaban J connectivity index is 2.25. The van der Waals surface area contributed by atoms with Crippen LogP contribution in [-0.2, 0) is 13.5 Å². The van der Waals surface area contributed by atoms with Crippen molar-refractivity contribution >= 4 is 0 Å². The van der Waals surface area contributed by atoms with Gasteiger partial charge in [-0.15, -0.1) is 0 Å². The van der Waals surface area contributed by atoms with Gasteiger partial charge in [-0.25, -0.2) is 9.37 Å². The van der Waals surface area contributed by atoms with Gasteiger partial charge in [0.1, 0.15) is 11.5 Å². The Labute approximate surface area is 99.3 Å². The summed E-state index contributed by atoms with van der Waals surface area (Å²) < 4.78 is 15.1. The average Bonchev–Trinajstić information content (AvgIpc) is 2.73. The van der Waals surface area contributed by atoms with E-state index in [2.05, 4.69) is 21.9 Å². The fourth-order valence-electron chi connectivity index (χ4n) is 1.41. The first-order chi connectivity index (χ1) is 8.19. The highest BCUT2D eigenvalue weighted by Crippen LogP contribution is 2.07. The lowest BCUT2D eigenvalue weighted by Gasteiger charge is -1.97. The number of halogens is 1. The highest BCUT2D eigenvalue weighted by atomic mass is 19.1. The molecule has 0 radical (unpaired) electrons. The standard InChI is InChI=1S/C13H12FN3/c1-3-11-8-15-12(6-13(11)14)5-4-10-7-16-17(2)9-10/h6-9H,3H2,1-2H3. The molecule has 0 aliphatic rings. The Morgan fingerprint density at radius 2 is 2.18 bits per heavy atom. The summed E-state index contributed by atoms with van der Waals surface area (Å²) in [7, 11) is 1.82. The topological polar surface area (TPSA) is 30.7 Å². The van der Waals surface area contributed by atoms with Gasteiger partial charge in [0.15, 0.2) is 0 Å². The van der Waals surface area contributed by atoms with Gasteiger partial charge in [0.25, 0.3) is 0 Å². The summed E-state index contributed by atoms with van der Waals surface area (Å²) in [6.07, 6.45) is 5.62. The van der Waals surface area contributed by atoms with Crippen LogP contribution in [0.1, 0.15) is 23.7 Å². The predicted octanol–water partition coefficient (Wildman–Crippen LogP) is 1.92. The van der Waals surface area contributed by atoms with Crippen LogP contribution in [0, 0.1) is 17.7 Å². The van der Waals surface area contributed by atoms with Gasteiger partial charge in [0, 0.05) is 31.1 Å². The molecular formula is C13H12FN3. The molecule has 0 bridgehead atoms. The van der Waals surface area contributed by atoms with Crippen molar-refractivity contribution in [3.05, 3.63) is 47.3 Å². The van der Waals surface area contributed by atoms with Crippen molar-refractivity contribution in [2.24, 2.45) is 7.05 Å². The number of aryl methyl sites for hydroxylation is 2. The van der Waals surface area contributed by atoms with Crippen LogP contribution < -0.4 is 0 Å². The average molecular weight is 229 g/mol. The number of hydrogen-bond acceptors (Lipinski definition) is 2. The van der Waals surface area contributed by atoms with Crippen molar-refractivity contribution in [1.82, 2.24) is 14.8 Å². The van der Waals surface area contributed by atoms with Crippen molar-refractivity contribution in [1.29, 1.82) is 0 Å². The molecule has 0 spiro atoms. The van der Waals surface area contributed by atoms with Crippen molar-refractivity contribution < 1.29 is 4.39 Å². The van der Waals surface area contributed by atoms with E-state index in [0.717, 1.165) is 5.56 Å². The molecule has 86 valence electrons. The van der Waals surface area contributed by atoms with Crippen molar-refractivity contribution in [2.75, 3.05) is 0 Å². The molecule has 2 heterocycles. The van der Waals surface area contributed by atoms with Crippen molar-refractivity contribution in [3.8, 4) is 11.8 Å². The summed E-state index contributed by atoms with van der Waals surface area (Å²) in [5.74, 6) is 5.44. The Bertz CT molecular complexity index is 590. The van der Waals surface area contributed by atoms with Gasteiger partial charge in [0.2, 0.25) is 0 Å². The first-order valence-corrected chi connectivity index (χ1v) is 5.34. The quantitative estimate of drug-likeness (QED) is 0.699. The molecule has 2 aromatic rings. The lowest BCUT2D eigenvalue weighted by Crippen LogP contribution is -1.92. The van der Waals surface area contributed by atoms with Gasteiger partial charge in [-0.2, -0.15) is 5.10 Å². The van der Waals surface area contributed by atoms with Crippen LogP contribution in [0.3, 0.4) is 0 Å². The Morgan fingerprint density at radius 3 is 2.76 bits per heavy atom. The van der Waals surface area contributed by atoms with Crippen LogP contribution in [0.4, 0.5) is 4.39 Å². The Morgan fingerprint density at radius 1 is 1.35 bits per heavy atom. The molecular weight excluding hydrogens is 217 g/mol. The van der Waals surface area contributed by atoms with Gasteiger partial charge in [-0.3, -0.25) is 4.68 Å². The molecule has 0 saturated heterocycles. The second-order valence-corrected chi connectivity index (χ2v) is 3.67. The van der Waals surface area contributed by atoms with Crippen LogP contribution in [0.15, 0.2) is 24.7 Å². The zero-order valence-corrected chi connectivity index (χ0v) is 9.74. The van der Waals surface area contributed by atoms with Gasteiger partial charge in [-0.05, 0) is 12.3 Å². The third-order valence-corrected chi connectivity index (χ3v) is 2.35. The fraction of sp³-hybridized carbons (Fsp3) is 0.231. The molecule has 4 heteroatoms. The molecule has 0 aliphatic carbocycles. The smallest absolute Gasteiger partial charge is 0.130 e. The first kappa shape index (κ1) is 11.3. The van der Waals surface area contributed by atoms with E-state index in [1.165, 1.54) is 12.3 Å². The number of rotatable bonds is 1. The SMILES string of the molecule is CCc1cnc(C#Cc2cnn(C)c2)cc1F. The first-order valence-electron chi connectivity index (χ1n) is 5.34. The van der Waals surface area contributed by atoms with E-state index in [4.69, 9.17) is 0 Å². The van der Waals surface area contributed by atoms with E-state index >= 15 is 0 Å². The molecule has 3 nitrogen and oxygen atoms in total. The Kier molecular flexibility index (Phi) is 3.20. The fourth-order valence-corrected chi connectivity index (χ4v) is 1.41. The second kappa shape index (κ2) is 4.79. The maximum absolute atomic E-state index is 13.5. The molecule has 0 atom stereocenters. The van der Waals surface area contributed by atoms with Crippen LogP contribution >= 0.6 is 0 Å². The maximum Gasteiger partial charge on any atom is 0.130 e. The van der Waals surface area contributed by atoms with Crippen LogP contribution in [-0.4, -0.2) is 14.8 Å². The summed E-state index contributed by atoms with van der Waals surface area (Å²) >= 11 is 0. The minimum absolute atomic E-state index is 0.252.